The monoisotopic (exact) mass is 238 g/mol. The fraction of sp³-hybridized carbons (Fsp3) is 0.200. The van der Waals surface area contributed by atoms with Crippen molar-refractivity contribution in [1.82, 2.24) is 4.98 Å². The molecule has 3 heteroatoms. The van der Waals surface area contributed by atoms with Crippen LogP contribution in [0.15, 0.2) is 36.5 Å². The summed E-state index contributed by atoms with van der Waals surface area (Å²) in [5, 5.41) is 9.09. The highest BCUT2D eigenvalue weighted by Crippen LogP contribution is 2.24. The van der Waals surface area contributed by atoms with E-state index in [1.807, 2.05) is 31.2 Å². The fourth-order valence-electron chi connectivity index (χ4n) is 1.65. The van der Waals surface area contributed by atoms with Gasteiger partial charge in [-0.05, 0) is 42.7 Å². The minimum absolute atomic E-state index is 0.363. The second-order valence-corrected chi connectivity index (χ2v) is 4.02. The summed E-state index contributed by atoms with van der Waals surface area (Å²) in [6, 6.07) is 11.7. The summed E-state index contributed by atoms with van der Waals surface area (Å²) in [6.45, 7) is 3.97. The maximum absolute atomic E-state index is 9.09. The topological polar surface area (TPSA) is 45.9 Å². The molecule has 0 aliphatic rings. The van der Waals surface area contributed by atoms with Crippen LogP contribution in [-0.4, -0.2) is 4.98 Å². The summed E-state index contributed by atoms with van der Waals surface area (Å²) in [4.78, 5) is 4.10. The van der Waals surface area contributed by atoms with Crippen molar-refractivity contribution < 1.29 is 4.74 Å². The molecule has 2 rings (SSSR count). The number of aromatic nitrogens is 1. The number of nitrogens with zero attached hydrogens (tertiary/aromatic N) is 2. The number of aryl methyl sites for hydroxylation is 2. The Morgan fingerprint density at radius 1 is 1.22 bits per heavy atom. The van der Waals surface area contributed by atoms with Gasteiger partial charge in [-0.2, -0.15) is 5.26 Å². The number of hydrogen-bond acceptors (Lipinski definition) is 3. The molecule has 18 heavy (non-hydrogen) atoms. The van der Waals surface area contributed by atoms with Crippen molar-refractivity contribution in [2.24, 2.45) is 0 Å². The second-order valence-electron chi connectivity index (χ2n) is 4.02. The van der Waals surface area contributed by atoms with E-state index >= 15 is 0 Å². The van der Waals surface area contributed by atoms with Gasteiger partial charge in [0, 0.05) is 6.20 Å². The lowest BCUT2D eigenvalue weighted by molar-refractivity contribution is 0.460. The second kappa shape index (κ2) is 5.33. The number of benzene rings is 1. The number of hydrogen-bond donors (Lipinski definition) is 0. The smallest absolute Gasteiger partial charge is 0.237 e. The van der Waals surface area contributed by atoms with E-state index in [1.165, 1.54) is 5.56 Å². The molecule has 0 atom stereocenters. The molecular formula is C15H14N2O. The maximum atomic E-state index is 9.09. The lowest BCUT2D eigenvalue weighted by Gasteiger charge is -2.08. The van der Waals surface area contributed by atoms with Crippen LogP contribution < -0.4 is 4.74 Å². The molecule has 3 nitrogen and oxygen atoms in total. The van der Waals surface area contributed by atoms with Gasteiger partial charge in [0.25, 0.3) is 0 Å². The van der Waals surface area contributed by atoms with Crippen LogP contribution >= 0.6 is 0 Å². The van der Waals surface area contributed by atoms with Gasteiger partial charge in [0.15, 0.2) is 0 Å². The van der Waals surface area contributed by atoms with E-state index in [-0.39, 0.29) is 0 Å². The summed E-state index contributed by atoms with van der Waals surface area (Å²) in [7, 11) is 0. The Morgan fingerprint density at radius 3 is 2.56 bits per heavy atom. The third-order valence-electron chi connectivity index (χ3n) is 2.78. The minimum Gasteiger partial charge on any atom is -0.438 e. The Bertz CT molecular complexity index is 582. The zero-order valence-corrected chi connectivity index (χ0v) is 10.5. The van der Waals surface area contributed by atoms with E-state index in [0.29, 0.717) is 17.2 Å². The Kier molecular flexibility index (Phi) is 3.59. The van der Waals surface area contributed by atoms with Crippen molar-refractivity contribution >= 4 is 0 Å². The normalized spacial score (nSPS) is 9.83. The van der Waals surface area contributed by atoms with Gasteiger partial charge in [-0.1, -0.05) is 19.1 Å². The third kappa shape index (κ3) is 2.49. The average Bonchev–Trinajstić information content (AvgIpc) is 2.40. The maximum Gasteiger partial charge on any atom is 0.237 e. The largest absolute Gasteiger partial charge is 0.438 e. The van der Waals surface area contributed by atoms with Gasteiger partial charge >= 0.3 is 0 Å². The van der Waals surface area contributed by atoms with E-state index in [2.05, 4.69) is 18.0 Å². The standard InChI is InChI=1S/C15H14N2O/c1-3-12-4-6-13(7-5-12)18-15-14(10-16)11(2)8-9-17-15/h4-9H,3H2,1-2H3. The molecule has 0 N–H and O–H groups in total. The lowest BCUT2D eigenvalue weighted by atomic mass is 10.1. The summed E-state index contributed by atoms with van der Waals surface area (Å²) in [5.41, 5.74) is 2.60. The molecular weight excluding hydrogens is 224 g/mol. The fourth-order valence-corrected chi connectivity index (χ4v) is 1.65. The van der Waals surface area contributed by atoms with Crippen molar-refractivity contribution in [3.8, 4) is 17.7 Å². The molecule has 0 saturated carbocycles. The number of pyridine rings is 1. The highest BCUT2D eigenvalue weighted by molar-refractivity contribution is 5.45. The highest BCUT2D eigenvalue weighted by atomic mass is 16.5. The van der Waals surface area contributed by atoms with E-state index in [1.54, 1.807) is 12.3 Å². The van der Waals surface area contributed by atoms with Crippen molar-refractivity contribution in [2.45, 2.75) is 20.3 Å². The predicted octanol–water partition coefficient (Wildman–Crippen LogP) is 3.62. The Morgan fingerprint density at radius 2 is 1.94 bits per heavy atom. The highest BCUT2D eigenvalue weighted by Gasteiger charge is 2.08. The van der Waals surface area contributed by atoms with E-state index in [0.717, 1.165) is 12.0 Å². The number of nitriles is 1. The zero-order valence-electron chi connectivity index (χ0n) is 10.5. The molecule has 90 valence electrons. The van der Waals surface area contributed by atoms with Gasteiger partial charge < -0.3 is 4.74 Å². The van der Waals surface area contributed by atoms with Crippen LogP contribution in [0.25, 0.3) is 0 Å². The van der Waals surface area contributed by atoms with Gasteiger partial charge in [-0.15, -0.1) is 0 Å². The predicted molar refractivity (Wildman–Crippen MR) is 69.6 cm³/mol. The summed E-state index contributed by atoms with van der Waals surface area (Å²) in [6.07, 6.45) is 2.64. The minimum atomic E-state index is 0.363. The first-order valence-electron chi connectivity index (χ1n) is 5.87. The van der Waals surface area contributed by atoms with Gasteiger partial charge in [-0.25, -0.2) is 4.98 Å². The van der Waals surface area contributed by atoms with Crippen LogP contribution in [0.5, 0.6) is 11.6 Å². The van der Waals surface area contributed by atoms with Crippen LogP contribution in [0.2, 0.25) is 0 Å². The summed E-state index contributed by atoms with van der Waals surface area (Å²) in [5.74, 6) is 1.06. The molecule has 0 amide bonds. The van der Waals surface area contributed by atoms with Gasteiger partial charge in [0.2, 0.25) is 5.88 Å². The molecule has 0 spiro atoms. The first-order chi connectivity index (χ1) is 8.74. The zero-order chi connectivity index (χ0) is 13.0. The molecule has 0 fully saturated rings. The van der Waals surface area contributed by atoms with Crippen LogP contribution in [0.4, 0.5) is 0 Å². The summed E-state index contributed by atoms with van der Waals surface area (Å²) < 4.78 is 5.65. The molecule has 0 bridgehead atoms. The quantitative estimate of drug-likeness (QED) is 0.820. The molecule has 0 saturated heterocycles. The molecule has 1 aromatic carbocycles. The Hall–Kier alpha value is -2.34. The van der Waals surface area contributed by atoms with Crippen LogP contribution in [0.3, 0.4) is 0 Å². The van der Waals surface area contributed by atoms with Crippen LogP contribution in [0.1, 0.15) is 23.6 Å². The molecule has 0 radical (unpaired) electrons. The molecule has 1 heterocycles. The SMILES string of the molecule is CCc1ccc(Oc2nccc(C)c2C#N)cc1. The van der Waals surface area contributed by atoms with E-state index in [9.17, 15) is 0 Å². The molecule has 1 aromatic heterocycles. The molecule has 0 unspecified atom stereocenters. The first kappa shape index (κ1) is 12.1. The average molecular weight is 238 g/mol. The van der Waals surface area contributed by atoms with Gasteiger partial charge in [-0.3, -0.25) is 0 Å². The van der Waals surface area contributed by atoms with Crippen molar-refractivity contribution in [3.63, 3.8) is 0 Å². The van der Waals surface area contributed by atoms with Crippen molar-refractivity contribution in [1.29, 1.82) is 5.26 Å². The van der Waals surface area contributed by atoms with Crippen molar-refractivity contribution in [2.75, 3.05) is 0 Å². The molecule has 0 aliphatic heterocycles. The third-order valence-corrected chi connectivity index (χ3v) is 2.78. The first-order valence-corrected chi connectivity index (χ1v) is 5.87. The van der Waals surface area contributed by atoms with Crippen LogP contribution in [-0.2, 0) is 6.42 Å². The van der Waals surface area contributed by atoms with Gasteiger partial charge in [0.1, 0.15) is 17.4 Å². The number of rotatable bonds is 3. The van der Waals surface area contributed by atoms with Gasteiger partial charge in [0.05, 0.1) is 0 Å². The lowest BCUT2D eigenvalue weighted by Crippen LogP contribution is -1.94. The van der Waals surface area contributed by atoms with E-state index < -0.39 is 0 Å². The number of ether oxygens (including phenoxy) is 1. The van der Waals surface area contributed by atoms with Crippen LogP contribution in [0, 0.1) is 18.3 Å². The molecule has 0 aliphatic carbocycles. The van der Waals surface area contributed by atoms with Crippen molar-refractivity contribution in [3.05, 3.63) is 53.2 Å². The summed E-state index contributed by atoms with van der Waals surface area (Å²) >= 11 is 0. The Labute approximate surface area is 107 Å². The Balaban J connectivity index is 2.28. The molecule has 2 aromatic rings. The van der Waals surface area contributed by atoms with E-state index in [4.69, 9.17) is 10.00 Å².